The normalized spacial score (nSPS) is 31.7. The highest BCUT2D eigenvalue weighted by Gasteiger charge is 2.27. The average Bonchev–Trinajstić information content (AvgIpc) is 2.61. The Morgan fingerprint density at radius 3 is 2.65 bits per heavy atom. The van der Waals surface area contributed by atoms with Crippen molar-refractivity contribution in [3.63, 3.8) is 0 Å². The molecule has 3 N–H and O–H groups in total. The fourth-order valence-electron chi connectivity index (χ4n) is 3.94. The van der Waals surface area contributed by atoms with Gasteiger partial charge in [-0.05, 0) is 62.6 Å². The number of nitrogens with one attached hydrogen (secondary N) is 1. The second kappa shape index (κ2) is 8.13. The maximum absolute atomic E-state index is 6.17. The van der Waals surface area contributed by atoms with Gasteiger partial charge >= 0.3 is 0 Å². The van der Waals surface area contributed by atoms with Crippen LogP contribution in [0.25, 0.3) is 0 Å². The van der Waals surface area contributed by atoms with Crippen molar-refractivity contribution < 1.29 is 9.47 Å². The first-order valence-electron chi connectivity index (χ1n) is 9.01. The standard InChI is InChI=1S/C19H30N2O2/c1-22-19-7-3-2-5-16(19)14-8-10-15(11-9-14)23-13-18-17(20)6-4-12-21-18/h2-3,5,7,14-15,17-18,21H,4,6,8-13,20H2,1H3/t14?,15?,17-,18-/m0/s1. The van der Waals surface area contributed by atoms with Gasteiger partial charge in [-0.25, -0.2) is 0 Å². The Kier molecular flexibility index (Phi) is 5.92. The van der Waals surface area contributed by atoms with Crippen LogP contribution in [-0.4, -0.2) is 38.4 Å². The van der Waals surface area contributed by atoms with Gasteiger partial charge in [0.1, 0.15) is 5.75 Å². The third kappa shape index (κ3) is 4.25. The first-order valence-corrected chi connectivity index (χ1v) is 9.01. The molecule has 2 fully saturated rings. The molecule has 2 aliphatic rings. The average molecular weight is 318 g/mol. The van der Waals surface area contributed by atoms with Crippen molar-refractivity contribution in [1.29, 1.82) is 0 Å². The summed E-state index contributed by atoms with van der Waals surface area (Å²) in [6.45, 7) is 1.83. The third-order valence-electron chi connectivity index (χ3n) is 5.40. The van der Waals surface area contributed by atoms with Gasteiger partial charge in [0.05, 0.1) is 19.8 Å². The number of methoxy groups -OCH3 is 1. The van der Waals surface area contributed by atoms with Crippen molar-refractivity contribution in [3.8, 4) is 5.75 Å². The summed E-state index contributed by atoms with van der Waals surface area (Å²) in [4.78, 5) is 0. The van der Waals surface area contributed by atoms with E-state index in [4.69, 9.17) is 15.2 Å². The highest BCUT2D eigenvalue weighted by molar-refractivity contribution is 5.36. The number of piperidine rings is 1. The molecular formula is C19H30N2O2. The highest BCUT2D eigenvalue weighted by Crippen LogP contribution is 2.38. The molecule has 0 spiro atoms. The van der Waals surface area contributed by atoms with Crippen molar-refractivity contribution in [2.24, 2.45) is 5.73 Å². The Morgan fingerprint density at radius 1 is 1.13 bits per heavy atom. The Morgan fingerprint density at radius 2 is 1.91 bits per heavy atom. The molecule has 1 aromatic carbocycles. The number of rotatable bonds is 5. The highest BCUT2D eigenvalue weighted by atomic mass is 16.5. The van der Waals surface area contributed by atoms with E-state index in [2.05, 4.69) is 23.5 Å². The summed E-state index contributed by atoms with van der Waals surface area (Å²) in [5.41, 5.74) is 7.52. The predicted octanol–water partition coefficient (Wildman–Crippen LogP) is 2.82. The van der Waals surface area contributed by atoms with Crippen LogP contribution < -0.4 is 15.8 Å². The molecule has 0 amide bonds. The molecule has 1 aromatic rings. The molecule has 1 heterocycles. The molecule has 1 aliphatic carbocycles. The van der Waals surface area contributed by atoms with Crippen molar-refractivity contribution in [1.82, 2.24) is 5.32 Å². The van der Waals surface area contributed by atoms with Gasteiger partial charge < -0.3 is 20.5 Å². The van der Waals surface area contributed by atoms with Gasteiger partial charge in [-0.3, -0.25) is 0 Å². The fourth-order valence-corrected chi connectivity index (χ4v) is 3.94. The van der Waals surface area contributed by atoms with E-state index in [1.807, 2.05) is 6.07 Å². The maximum atomic E-state index is 6.17. The van der Waals surface area contributed by atoms with Gasteiger partial charge in [-0.15, -0.1) is 0 Å². The molecule has 1 saturated heterocycles. The van der Waals surface area contributed by atoms with Crippen molar-refractivity contribution in [3.05, 3.63) is 29.8 Å². The lowest BCUT2D eigenvalue weighted by Gasteiger charge is -2.33. The van der Waals surface area contributed by atoms with E-state index in [9.17, 15) is 0 Å². The van der Waals surface area contributed by atoms with E-state index < -0.39 is 0 Å². The molecule has 4 heteroatoms. The van der Waals surface area contributed by atoms with Crippen LogP contribution in [0.3, 0.4) is 0 Å². The molecule has 0 radical (unpaired) electrons. The summed E-state index contributed by atoms with van der Waals surface area (Å²) in [6.07, 6.45) is 7.29. The number of hydrogen-bond donors (Lipinski definition) is 2. The molecule has 0 aromatic heterocycles. The van der Waals surface area contributed by atoms with Crippen LogP contribution in [0.1, 0.15) is 50.0 Å². The summed E-state index contributed by atoms with van der Waals surface area (Å²) >= 11 is 0. The summed E-state index contributed by atoms with van der Waals surface area (Å²) in [7, 11) is 1.76. The third-order valence-corrected chi connectivity index (χ3v) is 5.40. The van der Waals surface area contributed by atoms with Gasteiger partial charge in [-0.2, -0.15) is 0 Å². The molecule has 1 saturated carbocycles. The monoisotopic (exact) mass is 318 g/mol. The van der Waals surface area contributed by atoms with Crippen molar-refractivity contribution in [2.45, 2.75) is 62.6 Å². The summed E-state index contributed by atoms with van der Waals surface area (Å²) < 4.78 is 11.7. The first kappa shape index (κ1) is 16.7. The van der Waals surface area contributed by atoms with Crippen LogP contribution in [0.5, 0.6) is 5.75 Å². The zero-order chi connectivity index (χ0) is 16.1. The number of ether oxygens (including phenoxy) is 2. The molecule has 3 rings (SSSR count). The van der Waals surface area contributed by atoms with E-state index in [0.29, 0.717) is 18.1 Å². The largest absolute Gasteiger partial charge is 0.496 e. The SMILES string of the molecule is COc1ccccc1C1CCC(OC[C@@H]2NCCC[C@@H]2N)CC1. The lowest BCUT2D eigenvalue weighted by molar-refractivity contribution is 0.00609. The predicted molar refractivity (Wildman–Crippen MR) is 92.9 cm³/mol. The minimum Gasteiger partial charge on any atom is -0.496 e. The molecule has 1 aliphatic heterocycles. The first-order chi connectivity index (χ1) is 11.3. The second-order valence-corrected chi connectivity index (χ2v) is 6.92. The van der Waals surface area contributed by atoms with Crippen LogP contribution in [-0.2, 0) is 4.74 Å². The topological polar surface area (TPSA) is 56.5 Å². The van der Waals surface area contributed by atoms with Crippen LogP contribution in [0.2, 0.25) is 0 Å². The van der Waals surface area contributed by atoms with Crippen molar-refractivity contribution in [2.75, 3.05) is 20.3 Å². The number of benzene rings is 1. The Hall–Kier alpha value is -1.10. The van der Waals surface area contributed by atoms with Gasteiger partial charge in [-0.1, -0.05) is 18.2 Å². The lowest BCUT2D eigenvalue weighted by Crippen LogP contribution is -2.52. The molecule has 23 heavy (non-hydrogen) atoms. The quantitative estimate of drug-likeness (QED) is 0.876. The second-order valence-electron chi connectivity index (χ2n) is 6.92. The Bertz CT molecular complexity index is 486. The van der Waals surface area contributed by atoms with E-state index in [0.717, 1.165) is 38.2 Å². The minimum absolute atomic E-state index is 0.244. The van der Waals surface area contributed by atoms with E-state index in [-0.39, 0.29) is 6.04 Å². The van der Waals surface area contributed by atoms with Gasteiger partial charge in [0.25, 0.3) is 0 Å². The lowest BCUT2D eigenvalue weighted by atomic mass is 9.82. The zero-order valence-corrected chi connectivity index (χ0v) is 14.2. The van der Waals surface area contributed by atoms with Crippen molar-refractivity contribution >= 4 is 0 Å². The maximum Gasteiger partial charge on any atom is 0.122 e. The van der Waals surface area contributed by atoms with Crippen LogP contribution in [0.4, 0.5) is 0 Å². The molecule has 0 unspecified atom stereocenters. The van der Waals surface area contributed by atoms with E-state index in [1.165, 1.54) is 24.8 Å². The number of nitrogens with two attached hydrogens (primary N) is 1. The molecular weight excluding hydrogens is 288 g/mol. The Balaban J connectivity index is 1.47. The summed E-state index contributed by atoms with van der Waals surface area (Å²) in [5.74, 6) is 1.62. The van der Waals surface area contributed by atoms with E-state index >= 15 is 0 Å². The van der Waals surface area contributed by atoms with Crippen LogP contribution in [0, 0.1) is 0 Å². The summed E-state index contributed by atoms with van der Waals surface area (Å²) in [6, 6.07) is 8.99. The Labute approximate surface area is 139 Å². The molecule has 2 atom stereocenters. The van der Waals surface area contributed by atoms with Crippen LogP contribution in [0.15, 0.2) is 24.3 Å². The molecule has 128 valence electrons. The van der Waals surface area contributed by atoms with Crippen LogP contribution >= 0.6 is 0 Å². The minimum atomic E-state index is 0.244. The molecule has 4 nitrogen and oxygen atoms in total. The zero-order valence-electron chi connectivity index (χ0n) is 14.2. The van der Waals surface area contributed by atoms with Gasteiger partial charge in [0.15, 0.2) is 0 Å². The molecule has 0 bridgehead atoms. The number of para-hydroxylation sites is 1. The number of hydrogen-bond acceptors (Lipinski definition) is 4. The van der Waals surface area contributed by atoms with E-state index in [1.54, 1.807) is 7.11 Å². The van der Waals surface area contributed by atoms with Gasteiger partial charge in [0.2, 0.25) is 0 Å². The summed E-state index contributed by atoms with van der Waals surface area (Å²) in [5, 5.41) is 3.49. The van der Waals surface area contributed by atoms with Gasteiger partial charge in [0, 0.05) is 12.1 Å². The fraction of sp³-hybridized carbons (Fsp3) is 0.684. The smallest absolute Gasteiger partial charge is 0.122 e.